The average molecular weight is 361 g/mol. The van der Waals surface area contributed by atoms with Gasteiger partial charge in [0, 0.05) is 12.0 Å². The number of aromatic nitrogens is 2. The van der Waals surface area contributed by atoms with Crippen LogP contribution in [0.1, 0.15) is 26.2 Å². The molecule has 134 valence electrons. The first kappa shape index (κ1) is 19.3. The molecule has 1 fully saturated rings. The number of nitrogens with zero attached hydrogens (tertiary/aromatic N) is 2. The van der Waals surface area contributed by atoms with E-state index in [1.165, 1.54) is 0 Å². The highest BCUT2D eigenvalue weighted by molar-refractivity contribution is 5.90. The van der Waals surface area contributed by atoms with Gasteiger partial charge in [-0.3, -0.25) is 4.79 Å². The van der Waals surface area contributed by atoms with Crippen molar-refractivity contribution >= 4 is 24.0 Å². The molecule has 0 aliphatic carbocycles. The van der Waals surface area contributed by atoms with Gasteiger partial charge in [-0.1, -0.05) is 37.3 Å². The summed E-state index contributed by atoms with van der Waals surface area (Å²) >= 11 is 0. The highest BCUT2D eigenvalue weighted by Crippen LogP contribution is 2.24. The van der Waals surface area contributed by atoms with Gasteiger partial charge in [-0.05, 0) is 37.8 Å². The van der Waals surface area contributed by atoms with Crippen LogP contribution in [-0.4, -0.2) is 29.0 Å². The lowest BCUT2D eigenvalue weighted by atomic mass is 9.84. The molecule has 0 saturated carbocycles. The third kappa shape index (κ3) is 5.51. The van der Waals surface area contributed by atoms with Crippen LogP contribution in [0.5, 0.6) is 0 Å². The van der Waals surface area contributed by atoms with Crippen molar-refractivity contribution < 1.29 is 4.79 Å². The number of hydrogen-bond donors (Lipinski definition) is 2. The fraction of sp³-hybridized carbons (Fsp3) is 0.421. The lowest BCUT2D eigenvalue weighted by molar-refractivity contribution is -0.117. The zero-order valence-corrected chi connectivity index (χ0v) is 15.3. The van der Waals surface area contributed by atoms with E-state index in [0.29, 0.717) is 29.8 Å². The summed E-state index contributed by atoms with van der Waals surface area (Å²) in [5.74, 6) is 1.74. The number of benzene rings is 1. The first-order valence-corrected chi connectivity index (χ1v) is 8.60. The van der Waals surface area contributed by atoms with Crippen LogP contribution in [-0.2, 0) is 4.79 Å². The Bertz CT molecular complexity index is 657. The first-order chi connectivity index (χ1) is 11.7. The molecule has 0 spiro atoms. The summed E-state index contributed by atoms with van der Waals surface area (Å²) in [6.45, 7) is 4.29. The summed E-state index contributed by atoms with van der Waals surface area (Å²) in [5, 5.41) is 6.28. The summed E-state index contributed by atoms with van der Waals surface area (Å²) < 4.78 is 0. The summed E-state index contributed by atoms with van der Waals surface area (Å²) in [6.07, 6.45) is 6.20. The fourth-order valence-electron chi connectivity index (χ4n) is 3.21. The Morgan fingerprint density at radius 2 is 1.84 bits per heavy atom. The number of hydrogen-bond acceptors (Lipinski definition) is 4. The van der Waals surface area contributed by atoms with Crippen molar-refractivity contribution in [2.45, 2.75) is 26.2 Å². The Morgan fingerprint density at radius 3 is 2.48 bits per heavy atom. The predicted molar refractivity (Wildman–Crippen MR) is 103 cm³/mol. The van der Waals surface area contributed by atoms with Crippen LogP contribution in [0.15, 0.2) is 42.7 Å². The van der Waals surface area contributed by atoms with Crippen molar-refractivity contribution in [3.63, 3.8) is 0 Å². The minimum absolute atomic E-state index is 0. The second kappa shape index (κ2) is 9.49. The second-order valence-corrected chi connectivity index (χ2v) is 6.48. The molecule has 1 aromatic heterocycles. The maximum atomic E-state index is 12.2. The van der Waals surface area contributed by atoms with E-state index in [2.05, 4.69) is 27.5 Å². The molecule has 1 aromatic carbocycles. The largest absolute Gasteiger partial charge is 0.323 e. The summed E-state index contributed by atoms with van der Waals surface area (Å²) in [4.78, 5) is 20.9. The maximum Gasteiger partial charge on any atom is 0.224 e. The monoisotopic (exact) mass is 360 g/mol. The molecule has 3 rings (SSSR count). The van der Waals surface area contributed by atoms with Crippen LogP contribution >= 0.6 is 12.4 Å². The molecule has 0 radical (unpaired) electrons. The molecule has 6 heteroatoms. The van der Waals surface area contributed by atoms with Crippen molar-refractivity contribution in [2.75, 3.05) is 18.4 Å². The number of halogens is 1. The average Bonchev–Trinajstić information content (AvgIpc) is 2.64. The Hall–Kier alpha value is -1.98. The van der Waals surface area contributed by atoms with Crippen LogP contribution in [0.3, 0.4) is 0 Å². The van der Waals surface area contributed by atoms with Crippen LogP contribution < -0.4 is 10.6 Å². The minimum Gasteiger partial charge on any atom is -0.323 e. The summed E-state index contributed by atoms with van der Waals surface area (Å²) in [5.41, 5.74) is 1.62. The topological polar surface area (TPSA) is 66.9 Å². The minimum atomic E-state index is 0. The number of piperidine rings is 1. The van der Waals surface area contributed by atoms with E-state index >= 15 is 0 Å². The fourth-order valence-corrected chi connectivity index (χ4v) is 3.21. The van der Waals surface area contributed by atoms with Gasteiger partial charge in [0.1, 0.15) is 0 Å². The molecule has 0 bridgehead atoms. The predicted octanol–water partition coefficient (Wildman–Crippen LogP) is 3.53. The molecule has 1 aliphatic heterocycles. The number of carbonyl (C=O) groups is 1. The molecule has 1 atom stereocenters. The second-order valence-electron chi connectivity index (χ2n) is 6.48. The van der Waals surface area contributed by atoms with E-state index in [0.717, 1.165) is 31.5 Å². The van der Waals surface area contributed by atoms with Crippen molar-refractivity contribution in [2.24, 2.45) is 11.8 Å². The quantitative estimate of drug-likeness (QED) is 0.856. The van der Waals surface area contributed by atoms with Gasteiger partial charge in [0.25, 0.3) is 0 Å². The Balaban J connectivity index is 0.00000225. The van der Waals surface area contributed by atoms with Gasteiger partial charge >= 0.3 is 0 Å². The van der Waals surface area contributed by atoms with E-state index in [4.69, 9.17) is 0 Å². The number of rotatable bonds is 5. The molecular formula is C19H25ClN4O. The molecule has 5 nitrogen and oxygen atoms in total. The zero-order chi connectivity index (χ0) is 16.8. The van der Waals surface area contributed by atoms with Crippen LogP contribution in [0, 0.1) is 11.8 Å². The van der Waals surface area contributed by atoms with E-state index in [9.17, 15) is 4.79 Å². The molecule has 25 heavy (non-hydrogen) atoms. The van der Waals surface area contributed by atoms with Crippen LogP contribution in [0.25, 0.3) is 11.4 Å². The van der Waals surface area contributed by atoms with E-state index in [1.54, 1.807) is 12.4 Å². The van der Waals surface area contributed by atoms with Gasteiger partial charge in [0.2, 0.25) is 5.91 Å². The van der Waals surface area contributed by atoms with Crippen LogP contribution in [0.2, 0.25) is 0 Å². The summed E-state index contributed by atoms with van der Waals surface area (Å²) in [7, 11) is 0. The zero-order valence-electron chi connectivity index (χ0n) is 14.4. The Morgan fingerprint density at radius 1 is 1.20 bits per heavy atom. The van der Waals surface area contributed by atoms with E-state index in [1.807, 2.05) is 30.3 Å². The van der Waals surface area contributed by atoms with Crippen molar-refractivity contribution in [3.05, 3.63) is 42.7 Å². The molecule has 1 amide bonds. The van der Waals surface area contributed by atoms with E-state index < -0.39 is 0 Å². The third-order valence-electron chi connectivity index (χ3n) is 4.66. The van der Waals surface area contributed by atoms with Crippen LogP contribution in [0.4, 0.5) is 5.69 Å². The molecule has 1 saturated heterocycles. The highest BCUT2D eigenvalue weighted by atomic mass is 35.5. The number of amides is 1. The highest BCUT2D eigenvalue weighted by Gasteiger charge is 2.22. The van der Waals surface area contributed by atoms with Crippen molar-refractivity contribution in [1.29, 1.82) is 0 Å². The Labute approximate surface area is 155 Å². The number of anilines is 1. The van der Waals surface area contributed by atoms with Gasteiger partial charge in [0.15, 0.2) is 5.82 Å². The number of nitrogens with one attached hydrogen (secondary N) is 2. The SMILES string of the molecule is CC(CC(=O)Nc1cnc(-c2ccccc2)nc1)C1CCNCC1.Cl. The van der Waals surface area contributed by atoms with Gasteiger partial charge < -0.3 is 10.6 Å². The molecule has 2 aromatic rings. The summed E-state index contributed by atoms with van der Waals surface area (Å²) in [6, 6.07) is 9.80. The Kier molecular flexibility index (Phi) is 7.34. The van der Waals surface area contributed by atoms with Crippen molar-refractivity contribution in [3.8, 4) is 11.4 Å². The first-order valence-electron chi connectivity index (χ1n) is 8.60. The van der Waals surface area contributed by atoms with Gasteiger partial charge in [-0.25, -0.2) is 9.97 Å². The van der Waals surface area contributed by atoms with Gasteiger partial charge in [0.05, 0.1) is 18.1 Å². The molecule has 2 heterocycles. The van der Waals surface area contributed by atoms with Gasteiger partial charge in [-0.2, -0.15) is 0 Å². The standard InChI is InChI=1S/C19H24N4O.ClH/c1-14(15-7-9-20-10-8-15)11-18(24)23-17-12-21-19(22-13-17)16-5-3-2-4-6-16;/h2-6,12-15,20H,7-11H2,1H3,(H,23,24);1H. The normalized spacial score (nSPS) is 15.9. The lowest BCUT2D eigenvalue weighted by Crippen LogP contribution is -2.32. The molecule has 2 N–H and O–H groups in total. The third-order valence-corrected chi connectivity index (χ3v) is 4.66. The maximum absolute atomic E-state index is 12.2. The molecule has 1 aliphatic rings. The molecular weight excluding hydrogens is 336 g/mol. The van der Waals surface area contributed by atoms with Crippen molar-refractivity contribution in [1.82, 2.24) is 15.3 Å². The smallest absolute Gasteiger partial charge is 0.224 e. The van der Waals surface area contributed by atoms with E-state index in [-0.39, 0.29) is 18.3 Å². The van der Waals surface area contributed by atoms with Gasteiger partial charge in [-0.15, -0.1) is 12.4 Å². The molecule has 1 unspecified atom stereocenters. The lowest BCUT2D eigenvalue weighted by Gasteiger charge is -2.27. The number of carbonyl (C=O) groups excluding carboxylic acids is 1.